The Labute approximate surface area is 171 Å². The lowest BCUT2D eigenvalue weighted by atomic mass is 10.3. The number of thioether (sulfide) groups is 1. The standard InChI is InChI=1S/C16H10Cl2FN3OS3/c17-9-1-6-13(12(18)7-9)20-14(23)8-25-15-21-22(16(24)26-15)11-4-2-10(19)3-5-11/h1-7H,8H2,(H,20,23). The number of aromatic nitrogens is 2. The van der Waals surface area contributed by atoms with Crippen LogP contribution in [0.4, 0.5) is 10.1 Å². The quantitative estimate of drug-likeness (QED) is 0.395. The second-order valence-corrected chi connectivity index (χ2v) is 8.67. The molecular weight excluding hydrogens is 436 g/mol. The molecule has 4 nitrogen and oxygen atoms in total. The maximum absolute atomic E-state index is 13.0. The van der Waals surface area contributed by atoms with Gasteiger partial charge < -0.3 is 5.32 Å². The van der Waals surface area contributed by atoms with Crippen molar-refractivity contribution in [2.24, 2.45) is 0 Å². The number of anilines is 1. The Kier molecular flexibility index (Phi) is 6.31. The second-order valence-electron chi connectivity index (χ2n) is 4.98. The molecule has 0 spiro atoms. The Morgan fingerprint density at radius 2 is 2.00 bits per heavy atom. The minimum atomic E-state index is -0.331. The van der Waals surface area contributed by atoms with Gasteiger partial charge in [-0.2, -0.15) is 0 Å². The minimum absolute atomic E-state index is 0.144. The summed E-state index contributed by atoms with van der Waals surface area (Å²) in [6.07, 6.45) is 0. The molecule has 1 N–H and O–H groups in total. The van der Waals surface area contributed by atoms with E-state index in [1.54, 1.807) is 30.3 Å². The third-order valence-electron chi connectivity index (χ3n) is 3.13. The van der Waals surface area contributed by atoms with Crippen LogP contribution in [0.15, 0.2) is 46.8 Å². The highest BCUT2D eigenvalue weighted by molar-refractivity contribution is 8.01. The summed E-state index contributed by atoms with van der Waals surface area (Å²) in [7, 11) is 0. The van der Waals surface area contributed by atoms with E-state index in [2.05, 4.69) is 10.4 Å². The monoisotopic (exact) mass is 445 g/mol. The van der Waals surface area contributed by atoms with Gasteiger partial charge in [0, 0.05) is 5.02 Å². The van der Waals surface area contributed by atoms with Gasteiger partial charge in [0.15, 0.2) is 8.29 Å². The number of benzene rings is 2. The number of nitrogens with one attached hydrogen (secondary N) is 1. The van der Waals surface area contributed by atoms with Crippen molar-refractivity contribution < 1.29 is 9.18 Å². The van der Waals surface area contributed by atoms with Crippen molar-refractivity contribution >= 4 is 70.1 Å². The topological polar surface area (TPSA) is 46.9 Å². The van der Waals surface area contributed by atoms with E-state index in [-0.39, 0.29) is 17.5 Å². The molecule has 0 fully saturated rings. The Balaban J connectivity index is 1.64. The highest BCUT2D eigenvalue weighted by Crippen LogP contribution is 2.27. The molecule has 3 aromatic rings. The van der Waals surface area contributed by atoms with Gasteiger partial charge in [-0.15, -0.1) is 5.10 Å². The van der Waals surface area contributed by atoms with Crippen LogP contribution in [0.2, 0.25) is 10.0 Å². The number of hydrogen-bond donors (Lipinski definition) is 1. The van der Waals surface area contributed by atoms with Crippen molar-refractivity contribution in [2.45, 2.75) is 4.34 Å². The average Bonchev–Trinajstić information content (AvgIpc) is 2.97. The first-order valence-corrected chi connectivity index (χ1v) is 10.1. The summed E-state index contributed by atoms with van der Waals surface area (Å²) in [5.74, 6) is -0.415. The van der Waals surface area contributed by atoms with E-state index in [0.717, 1.165) is 0 Å². The van der Waals surface area contributed by atoms with Crippen LogP contribution in [0.25, 0.3) is 5.69 Å². The van der Waals surface area contributed by atoms with Gasteiger partial charge in [0.25, 0.3) is 0 Å². The van der Waals surface area contributed by atoms with Crippen molar-refractivity contribution in [3.8, 4) is 5.69 Å². The lowest BCUT2D eigenvalue weighted by Crippen LogP contribution is -2.14. The van der Waals surface area contributed by atoms with E-state index in [1.165, 1.54) is 39.9 Å². The summed E-state index contributed by atoms with van der Waals surface area (Å²) in [4.78, 5) is 12.1. The third kappa shape index (κ3) is 4.83. The predicted octanol–water partition coefficient (Wildman–Crippen LogP) is 5.84. The number of carbonyl (C=O) groups is 1. The largest absolute Gasteiger partial charge is 0.324 e. The third-order valence-corrected chi connectivity index (χ3v) is 6.05. The molecule has 0 bridgehead atoms. The molecule has 10 heteroatoms. The molecule has 26 heavy (non-hydrogen) atoms. The van der Waals surface area contributed by atoms with Crippen LogP contribution in [0.1, 0.15) is 0 Å². The van der Waals surface area contributed by atoms with Crippen molar-refractivity contribution in [1.29, 1.82) is 0 Å². The molecule has 0 aliphatic rings. The van der Waals surface area contributed by atoms with Crippen LogP contribution >= 0.6 is 58.5 Å². The lowest BCUT2D eigenvalue weighted by molar-refractivity contribution is -0.113. The second kappa shape index (κ2) is 8.49. The van der Waals surface area contributed by atoms with Crippen LogP contribution in [0, 0.1) is 9.77 Å². The fraction of sp³-hybridized carbons (Fsp3) is 0.0625. The van der Waals surface area contributed by atoms with E-state index < -0.39 is 0 Å². The van der Waals surface area contributed by atoms with Crippen LogP contribution in [-0.4, -0.2) is 21.4 Å². The lowest BCUT2D eigenvalue weighted by Gasteiger charge is -2.06. The maximum Gasteiger partial charge on any atom is 0.234 e. The van der Waals surface area contributed by atoms with Crippen molar-refractivity contribution in [3.63, 3.8) is 0 Å². The normalized spacial score (nSPS) is 10.7. The number of carbonyl (C=O) groups excluding carboxylic acids is 1. The number of hydrogen-bond acceptors (Lipinski definition) is 5. The van der Waals surface area contributed by atoms with Crippen molar-refractivity contribution in [2.75, 3.05) is 11.1 Å². The summed E-state index contributed by atoms with van der Waals surface area (Å²) in [6.45, 7) is 0. The van der Waals surface area contributed by atoms with Crippen LogP contribution in [0.5, 0.6) is 0 Å². The number of nitrogens with zero attached hydrogens (tertiary/aromatic N) is 2. The maximum atomic E-state index is 13.0. The zero-order valence-corrected chi connectivity index (χ0v) is 16.9. The van der Waals surface area contributed by atoms with Gasteiger partial charge in [-0.1, -0.05) is 46.3 Å². The van der Waals surface area contributed by atoms with Crippen LogP contribution < -0.4 is 5.32 Å². The van der Waals surface area contributed by atoms with E-state index in [0.29, 0.717) is 29.7 Å². The minimum Gasteiger partial charge on any atom is -0.324 e. The Morgan fingerprint density at radius 1 is 1.27 bits per heavy atom. The highest BCUT2D eigenvalue weighted by atomic mass is 35.5. The fourth-order valence-electron chi connectivity index (χ4n) is 1.97. The smallest absolute Gasteiger partial charge is 0.234 e. The summed E-state index contributed by atoms with van der Waals surface area (Å²) in [5.41, 5.74) is 1.16. The predicted molar refractivity (Wildman–Crippen MR) is 108 cm³/mol. The summed E-state index contributed by atoms with van der Waals surface area (Å²) >= 11 is 19.7. The molecule has 0 saturated carbocycles. The molecule has 0 unspecified atom stereocenters. The molecule has 0 saturated heterocycles. The fourth-order valence-corrected chi connectivity index (χ4v) is 4.59. The van der Waals surface area contributed by atoms with Gasteiger partial charge in [0.2, 0.25) is 5.91 Å². The van der Waals surface area contributed by atoms with Gasteiger partial charge in [-0.05, 0) is 54.7 Å². The highest BCUT2D eigenvalue weighted by Gasteiger charge is 2.11. The van der Waals surface area contributed by atoms with E-state index in [9.17, 15) is 9.18 Å². The first kappa shape index (κ1) is 19.3. The van der Waals surface area contributed by atoms with Crippen LogP contribution in [0.3, 0.4) is 0 Å². The van der Waals surface area contributed by atoms with E-state index >= 15 is 0 Å². The molecule has 0 atom stereocenters. The Bertz CT molecular complexity index is 1000. The zero-order chi connectivity index (χ0) is 18.7. The summed E-state index contributed by atoms with van der Waals surface area (Å²) in [5, 5.41) is 7.95. The first-order valence-electron chi connectivity index (χ1n) is 7.16. The molecule has 1 heterocycles. The molecule has 3 rings (SSSR count). The summed E-state index contributed by atoms with van der Waals surface area (Å²) in [6, 6.07) is 10.7. The number of amides is 1. The molecule has 1 amide bonds. The summed E-state index contributed by atoms with van der Waals surface area (Å²) < 4.78 is 15.7. The molecule has 0 aliphatic carbocycles. The van der Waals surface area contributed by atoms with Crippen LogP contribution in [-0.2, 0) is 4.79 Å². The SMILES string of the molecule is O=C(CSc1nn(-c2ccc(F)cc2)c(=S)s1)Nc1ccc(Cl)cc1Cl. The number of rotatable bonds is 5. The van der Waals surface area contributed by atoms with E-state index in [4.69, 9.17) is 35.4 Å². The van der Waals surface area contributed by atoms with Gasteiger partial charge >= 0.3 is 0 Å². The number of halogens is 3. The molecule has 0 radical (unpaired) electrons. The van der Waals surface area contributed by atoms with Crippen molar-refractivity contribution in [3.05, 3.63) is 62.3 Å². The van der Waals surface area contributed by atoms with Gasteiger partial charge in [-0.3, -0.25) is 4.79 Å². The average molecular weight is 446 g/mol. The first-order chi connectivity index (χ1) is 12.4. The zero-order valence-electron chi connectivity index (χ0n) is 12.9. The van der Waals surface area contributed by atoms with Gasteiger partial charge in [0.1, 0.15) is 5.82 Å². The molecule has 2 aromatic carbocycles. The molecule has 0 aliphatic heterocycles. The molecule has 1 aromatic heterocycles. The van der Waals surface area contributed by atoms with E-state index in [1.807, 2.05) is 0 Å². The Morgan fingerprint density at radius 3 is 2.69 bits per heavy atom. The molecular formula is C16H10Cl2FN3OS3. The van der Waals surface area contributed by atoms with Crippen molar-refractivity contribution in [1.82, 2.24) is 9.78 Å². The van der Waals surface area contributed by atoms with Gasteiger partial charge in [0.05, 0.1) is 22.2 Å². The Hall–Kier alpha value is -1.45. The molecule has 134 valence electrons. The van der Waals surface area contributed by atoms with Gasteiger partial charge in [-0.25, -0.2) is 9.07 Å².